The van der Waals surface area contributed by atoms with Crippen LogP contribution in [0.3, 0.4) is 0 Å². The van der Waals surface area contributed by atoms with Crippen LogP contribution in [0.15, 0.2) is 75.4 Å². The van der Waals surface area contributed by atoms with Crippen molar-refractivity contribution in [3.8, 4) is 0 Å². The highest BCUT2D eigenvalue weighted by Gasteiger charge is 2.14. The monoisotopic (exact) mass is 405 g/mol. The Labute approximate surface area is 171 Å². The van der Waals surface area contributed by atoms with Gasteiger partial charge in [-0.1, -0.05) is 48.2 Å². The largest absolute Gasteiger partial charge is 0.367 e. The Kier molecular flexibility index (Phi) is 5.18. The number of carbonyl (C=O) groups excluding carboxylic acids is 1. The van der Waals surface area contributed by atoms with Gasteiger partial charge in [0.1, 0.15) is 11.6 Å². The van der Waals surface area contributed by atoms with E-state index in [1.807, 2.05) is 62.4 Å². The van der Waals surface area contributed by atoms with Gasteiger partial charge in [-0.15, -0.1) is 5.10 Å². The second-order valence-electron chi connectivity index (χ2n) is 6.61. The van der Waals surface area contributed by atoms with Crippen LogP contribution in [0, 0.1) is 13.8 Å². The number of rotatable bonds is 5. The zero-order valence-corrected chi connectivity index (χ0v) is 16.8. The molecule has 0 fully saturated rings. The molecule has 2 aromatic carbocycles. The lowest BCUT2D eigenvalue weighted by atomic mass is 10.1. The van der Waals surface area contributed by atoms with Crippen LogP contribution in [0.2, 0.25) is 0 Å². The Bertz CT molecular complexity index is 1230. The number of amides is 1. The minimum absolute atomic E-state index is 0.183. The first-order chi connectivity index (χ1) is 14.0. The number of fused-ring (bicyclic) bond motifs is 1. The number of aryl methyl sites for hydroxylation is 2. The lowest BCUT2D eigenvalue weighted by Crippen LogP contribution is -2.29. The van der Waals surface area contributed by atoms with E-state index in [1.165, 1.54) is 16.3 Å². The molecule has 4 rings (SSSR count). The van der Waals surface area contributed by atoms with Gasteiger partial charge in [-0.25, -0.2) is 9.48 Å². The van der Waals surface area contributed by atoms with E-state index in [1.54, 1.807) is 12.1 Å². The Morgan fingerprint density at radius 2 is 1.69 bits per heavy atom. The molecule has 0 unspecified atom stereocenters. The lowest BCUT2D eigenvalue weighted by Gasteiger charge is -2.10. The predicted octanol–water partition coefficient (Wildman–Crippen LogP) is 3.30. The first kappa shape index (κ1) is 18.9. The summed E-state index contributed by atoms with van der Waals surface area (Å²) in [6, 6.07) is 19.1. The maximum atomic E-state index is 12.7. The van der Waals surface area contributed by atoms with E-state index < -0.39 is 5.69 Å². The third-order valence-corrected chi connectivity index (χ3v) is 5.35. The summed E-state index contributed by atoms with van der Waals surface area (Å²) in [6.07, 6.45) is 0. The molecule has 0 saturated carbocycles. The topological polar surface area (TPSA) is 81.3 Å². The number of aromatic nitrogens is 4. The van der Waals surface area contributed by atoms with Crippen molar-refractivity contribution < 1.29 is 4.79 Å². The van der Waals surface area contributed by atoms with E-state index >= 15 is 0 Å². The number of hydrogen-bond acceptors (Lipinski definition) is 5. The van der Waals surface area contributed by atoms with Gasteiger partial charge < -0.3 is 5.32 Å². The van der Waals surface area contributed by atoms with Crippen LogP contribution >= 0.6 is 11.8 Å². The van der Waals surface area contributed by atoms with Gasteiger partial charge in [0.25, 0.3) is 0 Å². The van der Waals surface area contributed by atoms with Gasteiger partial charge in [0.05, 0.1) is 0 Å². The molecular formula is C21H19N5O2S. The fourth-order valence-corrected chi connectivity index (χ4v) is 3.78. The normalized spacial score (nSPS) is 11.0. The minimum atomic E-state index is -0.452. The van der Waals surface area contributed by atoms with E-state index in [4.69, 9.17) is 0 Å². The van der Waals surface area contributed by atoms with Gasteiger partial charge in [0.15, 0.2) is 5.65 Å². The van der Waals surface area contributed by atoms with Gasteiger partial charge >= 0.3 is 5.69 Å². The maximum Gasteiger partial charge on any atom is 0.367 e. The molecule has 0 radical (unpaired) electrons. The van der Waals surface area contributed by atoms with Crippen molar-refractivity contribution in [2.75, 3.05) is 5.32 Å². The van der Waals surface area contributed by atoms with Crippen molar-refractivity contribution >= 4 is 29.0 Å². The van der Waals surface area contributed by atoms with E-state index in [9.17, 15) is 9.59 Å². The van der Waals surface area contributed by atoms with E-state index in [-0.39, 0.29) is 12.5 Å². The molecule has 8 heteroatoms. The molecule has 0 aliphatic heterocycles. The Morgan fingerprint density at radius 3 is 2.41 bits per heavy atom. The second-order valence-corrected chi connectivity index (χ2v) is 7.71. The first-order valence-corrected chi connectivity index (χ1v) is 9.89. The Balaban J connectivity index is 1.56. The van der Waals surface area contributed by atoms with Crippen LogP contribution in [-0.4, -0.2) is 25.3 Å². The van der Waals surface area contributed by atoms with Crippen LogP contribution in [-0.2, 0) is 11.3 Å². The number of benzene rings is 2. The smallest absolute Gasteiger partial charge is 0.324 e. The average Bonchev–Trinajstić information content (AvgIpc) is 3.01. The Morgan fingerprint density at radius 1 is 0.966 bits per heavy atom. The second kappa shape index (κ2) is 7.92. The van der Waals surface area contributed by atoms with E-state index in [0.29, 0.717) is 10.7 Å². The highest BCUT2D eigenvalue weighted by molar-refractivity contribution is 7.99. The molecule has 4 aromatic rings. The molecule has 0 atom stereocenters. The van der Waals surface area contributed by atoms with Crippen LogP contribution in [0.1, 0.15) is 11.1 Å². The van der Waals surface area contributed by atoms with Crippen molar-refractivity contribution in [2.24, 2.45) is 0 Å². The SMILES string of the molecule is Cc1cccc(C)c1NC(=O)Cn1nc2ccc(Sc3ccccc3)nn2c1=O. The minimum Gasteiger partial charge on any atom is -0.324 e. The highest BCUT2D eigenvalue weighted by Crippen LogP contribution is 2.25. The van der Waals surface area contributed by atoms with Gasteiger partial charge in [-0.2, -0.15) is 9.61 Å². The number of para-hydroxylation sites is 1. The summed E-state index contributed by atoms with van der Waals surface area (Å²) < 4.78 is 2.35. The summed E-state index contributed by atoms with van der Waals surface area (Å²) in [5.41, 5.74) is 2.63. The molecule has 1 N–H and O–H groups in total. The summed E-state index contributed by atoms with van der Waals surface area (Å²) in [5.74, 6) is -0.313. The predicted molar refractivity (Wildman–Crippen MR) is 112 cm³/mol. The standard InChI is InChI=1S/C21H19N5O2S/c1-14-7-6-8-15(2)20(14)22-18(27)13-25-21(28)26-17(23-25)11-12-19(24-26)29-16-9-4-3-5-10-16/h3-12H,13H2,1-2H3,(H,22,27). The van der Waals surface area contributed by atoms with Crippen molar-refractivity contribution in [2.45, 2.75) is 30.3 Å². The third kappa shape index (κ3) is 4.07. The molecule has 0 aliphatic rings. The van der Waals surface area contributed by atoms with Crippen LogP contribution in [0.5, 0.6) is 0 Å². The summed E-state index contributed by atoms with van der Waals surface area (Å²) in [5, 5.41) is 12.1. The van der Waals surface area contributed by atoms with Crippen molar-refractivity contribution in [3.05, 3.63) is 82.3 Å². The number of anilines is 1. The molecule has 1 amide bonds. The molecule has 29 heavy (non-hydrogen) atoms. The van der Waals surface area contributed by atoms with E-state index in [0.717, 1.165) is 26.4 Å². The Hall–Kier alpha value is -3.39. The molecular weight excluding hydrogens is 386 g/mol. The lowest BCUT2D eigenvalue weighted by molar-refractivity contribution is -0.117. The van der Waals surface area contributed by atoms with Crippen LogP contribution in [0.25, 0.3) is 5.65 Å². The van der Waals surface area contributed by atoms with Crippen LogP contribution < -0.4 is 11.0 Å². The molecule has 2 heterocycles. The maximum absolute atomic E-state index is 12.7. The zero-order chi connectivity index (χ0) is 20.4. The van der Waals surface area contributed by atoms with Gasteiger partial charge in [-0.05, 0) is 49.2 Å². The molecule has 0 spiro atoms. The number of carbonyl (C=O) groups is 1. The first-order valence-electron chi connectivity index (χ1n) is 9.07. The number of nitrogens with one attached hydrogen (secondary N) is 1. The van der Waals surface area contributed by atoms with Crippen molar-refractivity contribution in [1.82, 2.24) is 19.4 Å². The highest BCUT2D eigenvalue weighted by atomic mass is 32.2. The molecule has 0 bridgehead atoms. The molecule has 146 valence electrons. The van der Waals surface area contributed by atoms with Gasteiger partial charge in [-0.3, -0.25) is 4.79 Å². The summed E-state index contributed by atoms with van der Waals surface area (Å²) in [7, 11) is 0. The van der Waals surface area contributed by atoms with Gasteiger partial charge in [0, 0.05) is 10.6 Å². The third-order valence-electron chi connectivity index (χ3n) is 4.42. The van der Waals surface area contributed by atoms with E-state index in [2.05, 4.69) is 15.5 Å². The van der Waals surface area contributed by atoms with Crippen molar-refractivity contribution in [3.63, 3.8) is 0 Å². The molecule has 0 saturated heterocycles. The summed E-state index contributed by atoms with van der Waals surface area (Å²) in [4.78, 5) is 26.2. The zero-order valence-electron chi connectivity index (χ0n) is 16.0. The summed E-state index contributed by atoms with van der Waals surface area (Å²) in [6.45, 7) is 3.67. The molecule has 7 nitrogen and oxygen atoms in total. The van der Waals surface area contributed by atoms with Crippen LogP contribution in [0.4, 0.5) is 5.69 Å². The molecule has 2 aromatic heterocycles. The quantitative estimate of drug-likeness (QED) is 0.551. The number of hydrogen-bond donors (Lipinski definition) is 1. The van der Waals surface area contributed by atoms with Gasteiger partial charge in [0.2, 0.25) is 5.91 Å². The number of nitrogens with zero attached hydrogens (tertiary/aromatic N) is 4. The fourth-order valence-electron chi connectivity index (χ4n) is 2.99. The summed E-state index contributed by atoms with van der Waals surface area (Å²) >= 11 is 1.45. The van der Waals surface area contributed by atoms with Crippen molar-refractivity contribution in [1.29, 1.82) is 0 Å². The average molecular weight is 405 g/mol. The fraction of sp³-hybridized carbons (Fsp3) is 0.143. The molecule has 0 aliphatic carbocycles.